The van der Waals surface area contributed by atoms with Crippen LogP contribution in [0.1, 0.15) is 19.3 Å². The highest BCUT2D eigenvalue weighted by atomic mass is 32.1. The molecular formula is C7H13NS. The predicted octanol–water partition coefficient (Wildman–Crippen LogP) is 1.15. The van der Waals surface area contributed by atoms with Crippen LogP contribution in [0.5, 0.6) is 0 Å². The molecule has 1 nitrogen and oxygen atoms in total. The maximum Gasteiger partial charge on any atom is 0.0213 e. The zero-order valence-electron chi connectivity index (χ0n) is 5.75. The highest BCUT2D eigenvalue weighted by Gasteiger charge is 2.41. The van der Waals surface area contributed by atoms with Gasteiger partial charge >= 0.3 is 0 Å². The lowest BCUT2D eigenvalue weighted by Gasteiger charge is -2.15. The first-order chi connectivity index (χ1) is 4.29. The van der Waals surface area contributed by atoms with E-state index >= 15 is 0 Å². The molecule has 2 heteroatoms. The third-order valence-electron chi connectivity index (χ3n) is 2.85. The first-order valence-corrected chi connectivity index (χ1v) is 4.20. The summed E-state index contributed by atoms with van der Waals surface area (Å²) < 4.78 is 0. The molecule has 0 aromatic carbocycles. The van der Waals surface area contributed by atoms with Crippen LogP contribution in [-0.4, -0.2) is 29.3 Å². The lowest BCUT2D eigenvalue weighted by molar-refractivity contribution is 0.315. The van der Waals surface area contributed by atoms with Crippen LogP contribution in [0.2, 0.25) is 0 Å². The maximum absolute atomic E-state index is 4.52. The van der Waals surface area contributed by atoms with E-state index in [4.69, 9.17) is 0 Å². The van der Waals surface area contributed by atoms with Gasteiger partial charge in [-0.15, -0.1) is 0 Å². The van der Waals surface area contributed by atoms with Crippen LogP contribution in [-0.2, 0) is 0 Å². The molecule has 2 bridgehead atoms. The van der Waals surface area contributed by atoms with Crippen molar-refractivity contribution in [1.29, 1.82) is 0 Å². The third-order valence-corrected chi connectivity index (χ3v) is 3.41. The summed E-state index contributed by atoms with van der Waals surface area (Å²) in [5.74, 6) is 0. The molecule has 3 unspecified atom stereocenters. The van der Waals surface area contributed by atoms with Gasteiger partial charge in [-0.25, -0.2) is 0 Å². The summed E-state index contributed by atoms with van der Waals surface area (Å²) in [5.41, 5.74) is 0. The predicted molar refractivity (Wildman–Crippen MR) is 42.0 cm³/mol. The summed E-state index contributed by atoms with van der Waals surface area (Å²) >= 11 is 4.52. The van der Waals surface area contributed by atoms with Crippen LogP contribution >= 0.6 is 12.6 Å². The SMILES string of the molecule is CN1C2CCC1C(S)C2. The quantitative estimate of drug-likeness (QED) is 0.498. The van der Waals surface area contributed by atoms with E-state index in [2.05, 4.69) is 24.6 Å². The van der Waals surface area contributed by atoms with E-state index in [0.29, 0.717) is 5.25 Å². The van der Waals surface area contributed by atoms with Crippen molar-refractivity contribution in [1.82, 2.24) is 4.90 Å². The Bertz CT molecular complexity index is 126. The highest BCUT2D eigenvalue weighted by Crippen LogP contribution is 2.38. The molecule has 0 aliphatic carbocycles. The number of rotatable bonds is 0. The molecule has 2 heterocycles. The van der Waals surface area contributed by atoms with E-state index < -0.39 is 0 Å². The van der Waals surface area contributed by atoms with Gasteiger partial charge in [0.15, 0.2) is 0 Å². The van der Waals surface area contributed by atoms with Gasteiger partial charge in [-0.2, -0.15) is 12.6 Å². The smallest absolute Gasteiger partial charge is 0.0213 e. The average molecular weight is 143 g/mol. The Morgan fingerprint density at radius 3 is 2.44 bits per heavy atom. The normalized spacial score (nSPS) is 50.7. The van der Waals surface area contributed by atoms with E-state index in [9.17, 15) is 0 Å². The minimum Gasteiger partial charge on any atom is -0.299 e. The van der Waals surface area contributed by atoms with Crippen molar-refractivity contribution in [3.63, 3.8) is 0 Å². The topological polar surface area (TPSA) is 3.24 Å². The minimum atomic E-state index is 0.675. The van der Waals surface area contributed by atoms with E-state index in [1.165, 1.54) is 19.3 Å². The molecule has 2 rings (SSSR count). The molecule has 2 aliphatic rings. The van der Waals surface area contributed by atoms with Crippen molar-refractivity contribution < 1.29 is 0 Å². The molecule has 2 fully saturated rings. The molecule has 0 spiro atoms. The first-order valence-electron chi connectivity index (χ1n) is 3.69. The zero-order valence-corrected chi connectivity index (χ0v) is 6.64. The molecule has 0 N–H and O–H groups in total. The van der Waals surface area contributed by atoms with Gasteiger partial charge in [-0.1, -0.05) is 0 Å². The molecule has 52 valence electrons. The van der Waals surface area contributed by atoms with Crippen molar-refractivity contribution in [3.8, 4) is 0 Å². The Balaban J connectivity index is 2.16. The summed E-state index contributed by atoms with van der Waals surface area (Å²) in [6.07, 6.45) is 4.12. The zero-order chi connectivity index (χ0) is 6.43. The third kappa shape index (κ3) is 0.729. The summed E-state index contributed by atoms with van der Waals surface area (Å²) in [4.78, 5) is 2.50. The molecule has 2 saturated heterocycles. The number of fused-ring (bicyclic) bond motifs is 2. The lowest BCUT2D eigenvalue weighted by atomic mass is 10.0. The minimum absolute atomic E-state index is 0.675. The fraction of sp³-hybridized carbons (Fsp3) is 1.00. The van der Waals surface area contributed by atoms with E-state index in [0.717, 1.165) is 12.1 Å². The number of hydrogen-bond acceptors (Lipinski definition) is 2. The lowest BCUT2D eigenvalue weighted by Crippen LogP contribution is -2.25. The Morgan fingerprint density at radius 1 is 1.44 bits per heavy atom. The molecule has 0 radical (unpaired) electrons. The van der Waals surface area contributed by atoms with Gasteiger partial charge in [0, 0.05) is 17.3 Å². The van der Waals surface area contributed by atoms with Crippen LogP contribution in [0.3, 0.4) is 0 Å². The summed E-state index contributed by atoms with van der Waals surface area (Å²) in [7, 11) is 2.23. The van der Waals surface area contributed by atoms with Crippen LogP contribution < -0.4 is 0 Å². The monoisotopic (exact) mass is 143 g/mol. The molecular weight excluding hydrogens is 130 g/mol. The summed E-state index contributed by atoms with van der Waals surface area (Å²) in [6.45, 7) is 0. The largest absolute Gasteiger partial charge is 0.299 e. The van der Waals surface area contributed by atoms with Crippen molar-refractivity contribution in [2.24, 2.45) is 0 Å². The molecule has 2 aliphatic heterocycles. The van der Waals surface area contributed by atoms with Crippen molar-refractivity contribution in [2.75, 3.05) is 7.05 Å². The van der Waals surface area contributed by atoms with Gasteiger partial charge in [0.1, 0.15) is 0 Å². The van der Waals surface area contributed by atoms with E-state index in [1.54, 1.807) is 0 Å². The van der Waals surface area contributed by atoms with Gasteiger partial charge in [0.25, 0.3) is 0 Å². The maximum atomic E-state index is 4.52. The van der Waals surface area contributed by atoms with Gasteiger partial charge < -0.3 is 0 Å². The second-order valence-electron chi connectivity index (χ2n) is 3.27. The Hall–Kier alpha value is 0.310. The van der Waals surface area contributed by atoms with Crippen molar-refractivity contribution in [3.05, 3.63) is 0 Å². The molecule has 0 aromatic heterocycles. The van der Waals surface area contributed by atoms with E-state index in [1.807, 2.05) is 0 Å². The second-order valence-corrected chi connectivity index (χ2v) is 3.93. The van der Waals surface area contributed by atoms with Crippen molar-refractivity contribution >= 4 is 12.6 Å². The summed E-state index contributed by atoms with van der Waals surface area (Å²) in [6, 6.07) is 1.68. The molecule has 3 atom stereocenters. The Kier molecular flexibility index (Phi) is 1.27. The Labute approximate surface area is 61.8 Å². The van der Waals surface area contributed by atoms with Gasteiger partial charge in [-0.05, 0) is 26.3 Å². The first kappa shape index (κ1) is 6.05. The summed E-state index contributed by atoms with van der Waals surface area (Å²) in [5, 5.41) is 0.675. The number of hydrogen-bond donors (Lipinski definition) is 1. The second kappa shape index (κ2) is 1.89. The van der Waals surface area contributed by atoms with Crippen molar-refractivity contribution in [2.45, 2.75) is 36.6 Å². The fourth-order valence-electron chi connectivity index (χ4n) is 2.22. The van der Waals surface area contributed by atoms with Gasteiger partial charge in [0.05, 0.1) is 0 Å². The fourth-order valence-corrected chi connectivity index (χ4v) is 2.83. The van der Waals surface area contributed by atoms with Gasteiger partial charge in [-0.3, -0.25) is 4.90 Å². The molecule has 0 saturated carbocycles. The van der Waals surface area contributed by atoms with E-state index in [-0.39, 0.29) is 0 Å². The molecule has 9 heavy (non-hydrogen) atoms. The Morgan fingerprint density at radius 2 is 2.22 bits per heavy atom. The van der Waals surface area contributed by atoms with Crippen LogP contribution in [0.25, 0.3) is 0 Å². The average Bonchev–Trinajstić information content (AvgIpc) is 2.25. The van der Waals surface area contributed by atoms with Crippen LogP contribution in [0.4, 0.5) is 0 Å². The number of nitrogens with zero attached hydrogens (tertiary/aromatic N) is 1. The number of thiol groups is 1. The van der Waals surface area contributed by atoms with Gasteiger partial charge in [0.2, 0.25) is 0 Å². The molecule has 0 amide bonds. The molecule has 0 aromatic rings. The highest BCUT2D eigenvalue weighted by molar-refractivity contribution is 7.81. The van der Waals surface area contributed by atoms with Crippen LogP contribution in [0.15, 0.2) is 0 Å². The van der Waals surface area contributed by atoms with Crippen LogP contribution in [0, 0.1) is 0 Å². The standard InChI is InChI=1S/C7H13NS/c1-8-5-2-3-6(8)7(9)4-5/h5-7,9H,2-4H2,1H3.